The van der Waals surface area contributed by atoms with E-state index in [0.717, 1.165) is 12.3 Å². The van der Waals surface area contributed by atoms with Crippen LogP contribution in [0.15, 0.2) is 12.2 Å². The molecule has 3 aliphatic rings. The largest absolute Gasteiger partial charge is 0.393 e. The summed E-state index contributed by atoms with van der Waals surface area (Å²) in [6.45, 7) is 11.1. The van der Waals surface area contributed by atoms with Gasteiger partial charge in [0.25, 0.3) is 0 Å². The third-order valence-electron chi connectivity index (χ3n) is 6.09. The average molecular weight is 206 g/mol. The van der Waals surface area contributed by atoms with Crippen LogP contribution in [0.1, 0.15) is 40.0 Å². The maximum Gasteiger partial charge on any atom is 0.0582 e. The summed E-state index contributed by atoms with van der Waals surface area (Å²) < 4.78 is 0. The van der Waals surface area contributed by atoms with E-state index in [1.54, 1.807) is 0 Å². The van der Waals surface area contributed by atoms with Gasteiger partial charge in [-0.3, -0.25) is 0 Å². The Kier molecular flexibility index (Phi) is 1.65. The molecular formula is C14H22O. The molecule has 0 spiro atoms. The zero-order valence-electron chi connectivity index (χ0n) is 10.1. The van der Waals surface area contributed by atoms with E-state index in [2.05, 4.69) is 27.4 Å². The summed E-state index contributed by atoms with van der Waals surface area (Å²) in [5.41, 5.74) is 2.19. The third-order valence-corrected chi connectivity index (χ3v) is 6.09. The second-order valence-electron chi connectivity index (χ2n) is 6.73. The summed E-state index contributed by atoms with van der Waals surface area (Å²) in [4.78, 5) is 0. The molecule has 3 saturated carbocycles. The highest BCUT2D eigenvalue weighted by Gasteiger charge is 2.77. The fourth-order valence-corrected chi connectivity index (χ4v) is 4.97. The van der Waals surface area contributed by atoms with Crippen molar-refractivity contribution in [3.8, 4) is 0 Å². The van der Waals surface area contributed by atoms with Crippen molar-refractivity contribution in [1.29, 1.82) is 0 Å². The first kappa shape index (κ1) is 9.89. The predicted octanol–water partition coefficient (Wildman–Crippen LogP) is 3.00. The van der Waals surface area contributed by atoms with Crippen molar-refractivity contribution in [1.82, 2.24) is 0 Å². The van der Waals surface area contributed by atoms with Gasteiger partial charge in [-0.25, -0.2) is 0 Å². The van der Waals surface area contributed by atoms with Crippen molar-refractivity contribution in [3.63, 3.8) is 0 Å². The van der Waals surface area contributed by atoms with Gasteiger partial charge in [0.1, 0.15) is 0 Å². The Morgan fingerprint density at radius 3 is 2.53 bits per heavy atom. The molecule has 0 amide bonds. The first-order chi connectivity index (χ1) is 6.90. The van der Waals surface area contributed by atoms with E-state index in [1.807, 2.05) is 0 Å². The Hall–Kier alpha value is -0.300. The lowest BCUT2D eigenvalue weighted by atomic mass is 9.62. The minimum atomic E-state index is -0.0175. The van der Waals surface area contributed by atoms with Crippen molar-refractivity contribution < 1.29 is 5.11 Å². The van der Waals surface area contributed by atoms with Crippen molar-refractivity contribution >= 4 is 0 Å². The maximum absolute atomic E-state index is 10.1. The molecule has 0 aromatic carbocycles. The molecule has 3 rings (SSSR count). The van der Waals surface area contributed by atoms with Gasteiger partial charge in [0.2, 0.25) is 0 Å². The molecule has 15 heavy (non-hydrogen) atoms. The Balaban J connectivity index is 1.94. The number of aliphatic hydroxyl groups excluding tert-OH is 1. The van der Waals surface area contributed by atoms with Gasteiger partial charge in [-0.2, -0.15) is 0 Å². The number of fused-ring (bicyclic) bond motifs is 1. The normalized spacial score (nSPS) is 61.3. The summed E-state index contributed by atoms with van der Waals surface area (Å²) in [5, 5.41) is 10.1. The van der Waals surface area contributed by atoms with E-state index in [4.69, 9.17) is 0 Å². The molecule has 3 aliphatic carbocycles. The van der Waals surface area contributed by atoms with E-state index in [1.165, 1.54) is 18.4 Å². The zero-order valence-corrected chi connectivity index (χ0v) is 10.1. The molecule has 0 aromatic rings. The third kappa shape index (κ3) is 0.939. The Labute approximate surface area is 92.6 Å². The highest BCUT2D eigenvalue weighted by atomic mass is 16.3. The summed E-state index contributed by atoms with van der Waals surface area (Å²) in [5.74, 6) is 2.10. The second-order valence-corrected chi connectivity index (χ2v) is 6.73. The summed E-state index contributed by atoms with van der Waals surface area (Å²) in [6.07, 6.45) is 3.54. The van der Waals surface area contributed by atoms with Gasteiger partial charge in [0.15, 0.2) is 0 Å². The fraction of sp³-hybridized carbons (Fsp3) is 0.857. The van der Waals surface area contributed by atoms with Gasteiger partial charge in [-0.05, 0) is 54.8 Å². The monoisotopic (exact) mass is 206 g/mol. The number of rotatable bonds is 1. The Morgan fingerprint density at radius 2 is 2.00 bits per heavy atom. The molecule has 0 saturated heterocycles. The van der Waals surface area contributed by atoms with E-state index in [-0.39, 0.29) is 6.10 Å². The summed E-state index contributed by atoms with van der Waals surface area (Å²) in [6, 6.07) is 0. The van der Waals surface area contributed by atoms with Crippen LogP contribution in [0.5, 0.6) is 0 Å². The van der Waals surface area contributed by atoms with Crippen LogP contribution in [0, 0.1) is 28.6 Å². The zero-order chi connectivity index (χ0) is 11.0. The molecule has 0 aromatic heterocycles. The summed E-state index contributed by atoms with van der Waals surface area (Å²) in [7, 11) is 0. The summed E-state index contributed by atoms with van der Waals surface area (Å²) >= 11 is 0. The molecule has 0 radical (unpaired) electrons. The van der Waals surface area contributed by atoms with Crippen LogP contribution in [0.3, 0.4) is 0 Å². The number of allylic oxidation sites excluding steroid dienone is 1. The van der Waals surface area contributed by atoms with Crippen molar-refractivity contribution in [2.24, 2.45) is 28.6 Å². The highest BCUT2D eigenvalue weighted by Crippen LogP contribution is 2.81. The number of hydrogen-bond donors (Lipinski definition) is 1. The van der Waals surface area contributed by atoms with Crippen LogP contribution in [0.25, 0.3) is 0 Å². The Morgan fingerprint density at radius 1 is 1.33 bits per heavy atom. The van der Waals surface area contributed by atoms with Crippen molar-refractivity contribution in [2.45, 2.75) is 46.1 Å². The van der Waals surface area contributed by atoms with Crippen molar-refractivity contribution in [3.05, 3.63) is 12.2 Å². The van der Waals surface area contributed by atoms with Crippen LogP contribution in [-0.4, -0.2) is 11.2 Å². The van der Waals surface area contributed by atoms with E-state index in [0.29, 0.717) is 22.7 Å². The van der Waals surface area contributed by atoms with Crippen LogP contribution in [0.2, 0.25) is 0 Å². The van der Waals surface area contributed by atoms with E-state index < -0.39 is 0 Å². The first-order valence-electron chi connectivity index (χ1n) is 6.23. The SMILES string of the molecule is C=C(C)[C@@H]1CC2C3[C@H](O)C[C@](C)(C1)[C@]23C. The smallest absolute Gasteiger partial charge is 0.0582 e. The van der Waals surface area contributed by atoms with E-state index >= 15 is 0 Å². The molecule has 6 atom stereocenters. The molecular weight excluding hydrogens is 184 g/mol. The molecule has 0 bridgehead atoms. The van der Waals surface area contributed by atoms with Crippen LogP contribution in [-0.2, 0) is 0 Å². The molecule has 84 valence electrons. The van der Waals surface area contributed by atoms with Gasteiger partial charge < -0.3 is 5.11 Å². The highest BCUT2D eigenvalue weighted by molar-refractivity contribution is 5.27. The molecule has 3 fully saturated rings. The van der Waals surface area contributed by atoms with Gasteiger partial charge >= 0.3 is 0 Å². The average Bonchev–Trinajstić information content (AvgIpc) is 2.64. The van der Waals surface area contributed by atoms with Gasteiger partial charge in [-0.15, -0.1) is 0 Å². The fourth-order valence-electron chi connectivity index (χ4n) is 4.97. The van der Waals surface area contributed by atoms with Crippen LogP contribution in [0.4, 0.5) is 0 Å². The minimum Gasteiger partial charge on any atom is -0.393 e. The van der Waals surface area contributed by atoms with Crippen molar-refractivity contribution in [2.75, 3.05) is 0 Å². The quantitative estimate of drug-likeness (QED) is 0.654. The topological polar surface area (TPSA) is 20.2 Å². The lowest BCUT2D eigenvalue weighted by molar-refractivity contribution is 0.0530. The molecule has 2 unspecified atom stereocenters. The first-order valence-corrected chi connectivity index (χ1v) is 6.23. The standard InChI is InChI=1S/C14H22O/c1-8(2)9-5-10-12-11(15)7-13(3,6-9)14(10,12)4/h9-12,15H,1,5-7H2,2-4H3/t9-,10?,11-,12?,13+,14-/m1/s1. The molecule has 1 N–H and O–H groups in total. The predicted molar refractivity (Wildman–Crippen MR) is 61.4 cm³/mol. The molecule has 0 heterocycles. The Bertz CT molecular complexity index is 334. The second kappa shape index (κ2) is 2.51. The van der Waals surface area contributed by atoms with Gasteiger partial charge in [0.05, 0.1) is 6.10 Å². The molecule has 0 aliphatic heterocycles. The van der Waals surface area contributed by atoms with E-state index in [9.17, 15) is 5.11 Å². The van der Waals surface area contributed by atoms with Gasteiger partial charge in [0, 0.05) is 0 Å². The number of aliphatic hydroxyl groups is 1. The van der Waals surface area contributed by atoms with Crippen LogP contribution >= 0.6 is 0 Å². The molecule has 1 heteroatoms. The lowest BCUT2D eigenvalue weighted by Crippen LogP contribution is -2.35. The lowest BCUT2D eigenvalue weighted by Gasteiger charge is -2.43. The van der Waals surface area contributed by atoms with Crippen LogP contribution < -0.4 is 0 Å². The number of hydrogen-bond acceptors (Lipinski definition) is 1. The minimum absolute atomic E-state index is 0.0175. The van der Waals surface area contributed by atoms with Gasteiger partial charge in [-0.1, -0.05) is 26.0 Å². The molecule has 1 nitrogen and oxygen atoms in total. The maximum atomic E-state index is 10.1.